The molecule has 6 nitrogen and oxygen atoms in total. The third-order valence-corrected chi connectivity index (χ3v) is 5.34. The van der Waals surface area contributed by atoms with Crippen LogP contribution in [0.3, 0.4) is 0 Å². The van der Waals surface area contributed by atoms with Gasteiger partial charge in [-0.2, -0.15) is 0 Å². The van der Waals surface area contributed by atoms with Gasteiger partial charge in [0.1, 0.15) is 0 Å². The van der Waals surface area contributed by atoms with Crippen molar-refractivity contribution in [3.05, 3.63) is 101 Å². The van der Waals surface area contributed by atoms with Crippen LogP contribution in [0.2, 0.25) is 0 Å². The molecule has 2 heterocycles. The van der Waals surface area contributed by atoms with Crippen molar-refractivity contribution in [2.45, 2.75) is 13.0 Å². The first kappa shape index (κ1) is 21.2. The zero-order valence-electron chi connectivity index (χ0n) is 17.4. The largest absolute Gasteiger partial charge is 0.334 e. The molecule has 1 aliphatic rings. The van der Waals surface area contributed by atoms with Gasteiger partial charge in [0, 0.05) is 25.2 Å². The molecule has 1 aliphatic heterocycles. The summed E-state index contributed by atoms with van der Waals surface area (Å²) in [7, 11) is 0. The van der Waals surface area contributed by atoms with Crippen molar-refractivity contribution in [3.8, 4) is 11.1 Å². The van der Waals surface area contributed by atoms with E-state index in [1.807, 2.05) is 23.1 Å². The third-order valence-electron chi connectivity index (χ3n) is 5.34. The maximum Gasteiger partial charge on any atom is 0.267 e. The Labute approximate surface area is 186 Å². The summed E-state index contributed by atoms with van der Waals surface area (Å²) in [5.74, 6) is -0.700. The van der Waals surface area contributed by atoms with Crippen molar-refractivity contribution < 1.29 is 14.8 Å². The molecule has 0 radical (unpaired) electrons. The maximum atomic E-state index is 12.7. The summed E-state index contributed by atoms with van der Waals surface area (Å²) in [5, 5.41) is 8.54. The number of hydroxylamine groups is 1. The molecule has 4 rings (SSSR count). The van der Waals surface area contributed by atoms with Crippen molar-refractivity contribution in [1.82, 2.24) is 15.4 Å². The van der Waals surface area contributed by atoms with Crippen LogP contribution >= 0.6 is 0 Å². The Balaban J connectivity index is 1.42. The molecular weight excluding hydrogens is 402 g/mol. The number of fused-ring (bicyclic) bond motifs is 1. The minimum absolute atomic E-state index is 0.0646. The molecule has 2 N–H and O–H groups in total. The van der Waals surface area contributed by atoms with Gasteiger partial charge in [0.2, 0.25) is 5.91 Å². The molecule has 0 atom stereocenters. The molecule has 0 spiro atoms. The van der Waals surface area contributed by atoms with Crippen LogP contribution in [-0.4, -0.2) is 33.5 Å². The lowest BCUT2D eigenvalue weighted by Gasteiger charge is -2.28. The van der Waals surface area contributed by atoms with Crippen LogP contribution in [-0.2, 0) is 22.6 Å². The molecule has 0 fully saturated rings. The third kappa shape index (κ3) is 5.17. The fourth-order valence-corrected chi connectivity index (χ4v) is 3.67. The second-order valence-corrected chi connectivity index (χ2v) is 7.49. The van der Waals surface area contributed by atoms with E-state index in [9.17, 15) is 9.59 Å². The van der Waals surface area contributed by atoms with Crippen molar-refractivity contribution in [1.29, 1.82) is 0 Å². The van der Waals surface area contributed by atoms with E-state index in [1.54, 1.807) is 24.3 Å². The molecule has 160 valence electrons. The molecule has 3 aromatic rings. The van der Waals surface area contributed by atoms with Crippen LogP contribution in [0.15, 0.2) is 78.9 Å². The van der Waals surface area contributed by atoms with E-state index in [1.165, 1.54) is 46.0 Å². The van der Waals surface area contributed by atoms with E-state index in [2.05, 4.69) is 35.3 Å². The van der Waals surface area contributed by atoms with Crippen molar-refractivity contribution in [2.75, 3.05) is 6.54 Å². The van der Waals surface area contributed by atoms with Crippen LogP contribution in [0, 0.1) is 0 Å². The van der Waals surface area contributed by atoms with Gasteiger partial charge >= 0.3 is 0 Å². The highest BCUT2D eigenvalue weighted by Crippen LogP contribution is 2.26. The smallest absolute Gasteiger partial charge is 0.267 e. The fraction of sp³-hybridized carbons (Fsp3) is 0.115. The van der Waals surface area contributed by atoms with Gasteiger partial charge in [-0.05, 0) is 53.0 Å². The number of carbonyl (C=O) groups is 2. The molecule has 2 aromatic carbocycles. The standard InChI is InChI=1S/C26H23N3O3/c30-25(28-32)13-11-23-7-4-8-24(27-23)12-14-26(31)29-16-15-21-17-20(9-10-22(21)18-29)19-5-2-1-3-6-19/h1-14,17,32H,15-16,18H2,(H,28,30). The average Bonchev–Trinajstić information content (AvgIpc) is 2.86. The van der Waals surface area contributed by atoms with Crippen molar-refractivity contribution in [3.63, 3.8) is 0 Å². The van der Waals surface area contributed by atoms with Gasteiger partial charge in [0.05, 0.1) is 11.4 Å². The minimum Gasteiger partial charge on any atom is -0.334 e. The Morgan fingerprint density at radius 3 is 2.38 bits per heavy atom. The number of hydrogen-bond donors (Lipinski definition) is 2. The summed E-state index contributed by atoms with van der Waals surface area (Å²) in [6.45, 7) is 1.25. The van der Waals surface area contributed by atoms with E-state index >= 15 is 0 Å². The average molecular weight is 425 g/mol. The normalized spacial score (nSPS) is 13.3. The Morgan fingerprint density at radius 1 is 0.875 bits per heavy atom. The molecule has 0 bridgehead atoms. The Hall–Kier alpha value is -4.03. The first-order valence-electron chi connectivity index (χ1n) is 10.4. The van der Waals surface area contributed by atoms with E-state index in [0.29, 0.717) is 24.5 Å². The molecule has 0 aliphatic carbocycles. The predicted octanol–water partition coefficient (Wildman–Crippen LogP) is 3.87. The van der Waals surface area contributed by atoms with Gasteiger partial charge in [-0.3, -0.25) is 14.8 Å². The van der Waals surface area contributed by atoms with E-state index in [4.69, 9.17) is 5.21 Å². The number of benzene rings is 2. The molecule has 1 aromatic heterocycles. The highest BCUT2D eigenvalue weighted by molar-refractivity contribution is 5.92. The number of nitrogens with zero attached hydrogens (tertiary/aromatic N) is 2. The number of aromatic nitrogens is 1. The SMILES string of the molecule is O=C(C=Cc1cccc(C=CC(=O)N2CCc3cc(-c4ccccc4)ccc3C2)n1)NO. The Kier molecular flexibility index (Phi) is 6.53. The molecule has 0 saturated heterocycles. The van der Waals surface area contributed by atoms with E-state index < -0.39 is 5.91 Å². The van der Waals surface area contributed by atoms with Gasteiger partial charge in [0.25, 0.3) is 5.91 Å². The molecular formula is C26H23N3O3. The lowest BCUT2D eigenvalue weighted by molar-refractivity contribution is -0.127. The second-order valence-electron chi connectivity index (χ2n) is 7.49. The maximum absolute atomic E-state index is 12.7. The molecule has 32 heavy (non-hydrogen) atoms. The topological polar surface area (TPSA) is 82.5 Å². The first-order chi connectivity index (χ1) is 15.6. The summed E-state index contributed by atoms with van der Waals surface area (Å²) in [6.07, 6.45) is 6.67. The summed E-state index contributed by atoms with van der Waals surface area (Å²) < 4.78 is 0. The van der Waals surface area contributed by atoms with Crippen LogP contribution in [0.1, 0.15) is 22.5 Å². The number of hydrogen-bond acceptors (Lipinski definition) is 4. The molecule has 0 saturated carbocycles. The van der Waals surface area contributed by atoms with Crippen LogP contribution < -0.4 is 5.48 Å². The van der Waals surface area contributed by atoms with Crippen LogP contribution in [0.25, 0.3) is 23.3 Å². The van der Waals surface area contributed by atoms with Gasteiger partial charge < -0.3 is 4.90 Å². The highest BCUT2D eigenvalue weighted by atomic mass is 16.5. The summed E-state index contributed by atoms with van der Waals surface area (Å²) in [6, 6.07) is 22.0. The Bertz CT molecular complexity index is 1190. The van der Waals surface area contributed by atoms with Crippen LogP contribution in [0.5, 0.6) is 0 Å². The number of amides is 2. The van der Waals surface area contributed by atoms with Crippen molar-refractivity contribution in [2.24, 2.45) is 0 Å². The quantitative estimate of drug-likeness (QED) is 0.369. The lowest BCUT2D eigenvalue weighted by atomic mass is 9.94. The van der Waals surface area contributed by atoms with Gasteiger partial charge in [0.15, 0.2) is 0 Å². The Morgan fingerprint density at radius 2 is 1.62 bits per heavy atom. The number of pyridine rings is 1. The van der Waals surface area contributed by atoms with Gasteiger partial charge in [-0.25, -0.2) is 10.5 Å². The zero-order valence-corrected chi connectivity index (χ0v) is 17.4. The summed E-state index contributed by atoms with van der Waals surface area (Å²) >= 11 is 0. The monoisotopic (exact) mass is 425 g/mol. The molecule has 2 amide bonds. The number of carbonyl (C=O) groups excluding carboxylic acids is 2. The highest BCUT2D eigenvalue weighted by Gasteiger charge is 2.19. The van der Waals surface area contributed by atoms with Crippen LogP contribution in [0.4, 0.5) is 0 Å². The van der Waals surface area contributed by atoms with E-state index in [-0.39, 0.29) is 5.91 Å². The zero-order chi connectivity index (χ0) is 22.3. The minimum atomic E-state index is -0.635. The lowest BCUT2D eigenvalue weighted by Crippen LogP contribution is -2.34. The summed E-state index contributed by atoms with van der Waals surface area (Å²) in [5.41, 5.74) is 7.52. The first-order valence-corrected chi connectivity index (χ1v) is 10.4. The molecule has 6 heteroatoms. The number of rotatable bonds is 5. The number of nitrogens with one attached hydrogen (secondary N) is 1. The predicted molar refractivity (Wildman–Crippen MR) is 123 cm³/mol. The van der Waals surface area contributed by atoms with Gasteiger partial charge in [-0.15, -0.1) is 0 Å². The summed E-state index contributed by atoms with van der Waals surface area (Å²) in [4.78, 5) is 30.0. The van der Waals surface area contributed by atoms with Crippen molar-refractivity contribution >= 4 is 24.0 Å². The van der Waals surface area contributed by atoms with Gasteiger partial charge in [-0.1, -0.05) is 54.6 Å². The molecule has 0 unspecified atom stereocenters. The second kappa shape index (κ2) is 9.85. The fourth-order valence-electron chi connectivity index (χ4n) is 3.67. The van der Waals surface area contributed by atoms with E-state index in [0.717, 1.165) is 6.42 Å².